The van der Waals surface area contributed by atoms with Gasteiger partial charge in [-0.3, -0.25) is 25.0 Å². The van der Waals surface area contributed by atoms with Crippen LogP contribution in [0.2, 0.25) is 0 Å². The Morgan fingerprint density at radius 2 is 1.97 bits per heavy atom. The predicted octanol–water partition coefficient (Wildman–Crippen LogP) is 2.92. The molecule has 0 aliphatic carbocycles. The molecular formula is C22H28BrN7O2. The lowest BCUT2D eigenvalue weighted by molar-refractivity contribution is -0.120. The third kappa shape index (κ3) is 5.61. The van der Waals surface area contributed by atoms with Crippen molar-refractivity contribution in [2.75, 3.05) is 6.54 Å². The van der Waals surface area contributed by atoms with Gasteiger partial charge in [-0.15, -0.1) is 0 Å². The maximum Gasteiger partial charge on any atom is 0.286 e. The summed E-state index contributed by atoms with van der Waals surface area (Å²) in [4.78, 5) is 32.4. The summed E-state index contributed by atoms with van der Waals surface area (Å²) in [6, 6.07) is 9.87. The van der Waals surface area contributed by atoms with E-state index in [0.717, 1.165) is 35.8 Å². The number of benzene rings is 1. The van der Waals surface area contributed by atoms with Crippen LogP contribution < -0.4 is 16.5 Å². The van der Waals surface area contributed by atoms with Crippen molar-refractivity contribution in [3.63, 3.8) is 0 Å². The SMILES string of the molecule is CCCCCn1c(=N)n(C(=N)CCC(=O)NCCc2ccccc2)c(=O)c2[nH]c(Br)nc21. The number of hydrogen-bond donors (Lipinski definition) is 4. The summed E-state index contributed by atoms with van der Waals surface area (Å²) in [5.41, 5.74) is 1.15. The van der Waals surface area contributed by atoms with E-state index in [-0.39, 0.29) is 35.7 Å². The van der Waals surface area contributed by atoms with Crippen LogP contribution in [0.25, 0.3) is 11.2 Å². The number of carbonyl (C=O) groups is 1. The molecule has 2 heterocycles. The highest BCUT2D eigenvalue weighted by Crippen LogP contribution is 2.11. The van der Waals surface area contributed by atoms with Crippen LogP contribution in [-0.4, -0.2) is 37.4 Å². The van der Waals surface area contributed by atoms with Crippen molar-refractivity contribution in [2.24, 2.45) is 0 Å². The van der Waals surface area contributed by atoms with Crippen LogP contribution in [0.15, 0.2) is 39.9 Å². The van der Waals surface area contributed by atoms with Crippen molar-refractivity contribution < 1.29 is 4.79 Å². The van der Waals surface area contributed by atoms with Crippen molar-refractivity contribution in [2.45, 2.75) is 52.0 Å². The van der Waals surface area contributed by atoms with E-state index in [1.165, 1.54) is 0 Å². The number of aryl methyl sites for hydroxylation is 1. The molecule has 0 saturated heterocycles. The molecule has 0 unspecified atom stereocenters. The lowest BCUT2D eigenvalue weighted by Gasteiger charge is -2.14. The number of unbranched alkanes of at least 4 members (excludes halogenated alkanes) is 2. The van der Waals surface area contributed by atoms with Crippen molar-refractivity contribution >= 4 is 38.8 Å². The van der Waals surface area contributed by atoms with Gasteiger partial charge in [0.05, 0.1) is 0 Å². The Morgan fingerprint density at radius 1 is 1.22 bits per heavy atom. The molecule has 4 N–H and O–H groups in total. The second-order valence-corrected chi connectivity index (χ2v) is 8.33. The van der Waals surface area contributed by atoms with E-state index in [1.807, 2.05) is 30.3 Å². The second-order valence-electron chi connectivity index (χ2n) is 7.58. The fourth-order valence-corrected chi connectivity index (χ4v) is 3.88. The highest BCUT2D eigenvalue weighted by molar-refractivity contribution is 9.10. The second kappa shape index (κ2) is 11.0. The molecule has 32 heavy (non-hydrogen) atoms. The van der Waals surface area contributed by atoms with Gasteiger partial charge in [-0.25, -0.2) is 9.55 Å². The van der Waals surface area contributed by atoms with E-state index < -0.39 is 5.56 Å². The molecule has 0 saturated carbocycles. The van der Waals surface area contributed by atoms with Gasteiger partial charge in [-0.1, -0.05) is 50.1 Å². The summed E-state index contributed by atoms with van der Waals surface area (Å²) < 4.78 is 3.09. The standard InChI is InChI=1S/C22H28BrN7O2/c1-2-3-7-14-29-19-18(27-21(23)28-19)20(32)30(22(29)25)16(24)10-11-17(31)26-13-12-15-8-5-4-6-9-15/h4-6,8-9,24-25H,2-3,7,10-14H2,1H3,(H,26,31)(H,27,28). The molecule has 0 aliphatic heterocycles. The summed E-state index contributed by atoms with van der Waals surface area (Å²) >= 11 is 3.26. The number of rotatable bonds is 10. The van der Waals surface area contributed by atoms with E-state index in [9.17, 15) is 9.59 Å². The average Bonchev–Trinajstić information content (AvgIpc) is 3.17. The molecule has 10 heteroatoms. The number of nitrogens with one attached hydrogen (secondary N) is 4. The Bertz CT molecular complexity index is 1210. The van der Waals surface area contributed by atoms with Gasteiger partial charge in [-0.2, -0.15) is 0 Å². The minimum Gasteiger partial charge on any atom is -0.356 e. The fraction of sp³-hybridized carbons (Fsp3) is 0.409. The Kier molecular flexibility index (Phi) is 8.15. The Morgan fingerprint density at radius 3 is 2.69 bits per heavy atom. The number of H-pyrrole nitrogens is 1. The topological polar surface area (TPSA) is 132 Å². The molecule has 1 aromatic carbocycles. The molecule has 1 amide bonds. The summed E-state index contributed by atoms with van der Waals surface area (Å²) in [5.74, 6) is -0.276. The smallest absolute Gasteiger partial charge is 0.286 e. The van der Waals surface area contributed by atoms with Crippen LogP contribution in [0, 0.1) is 10.8 Å². The molecule has 9 nitrogen and oxygen atoms in total. The molecule has 3 rings (SSSR count). The zero-order valence-corrected chi connectivity index (χ0v) is 19.7. The molecular weight excluding hydrogens is 474 g/mol. The molecule has 2 aromatic heterocycles. The highest BCUT2D eigenvalue weighted by Gasteiger charge is 2.18. The summed E-state index contributed by atoms with van der Waals surface area (Å²) in [6.45, 7) is 3.12. The first kappa shape index (κ1) is 23.6. The zero-order valence-electron chi connectivity index (χ0n) is 18.1. The largest absolute Gasteiger partial charge is 0.356 e. The molecule has 0 spiro atoms. The molecule has 3 aromatic rings. The number of imidazole rings is 1. The fourth-order valence-electron chi connectivity index (χ4n) is 3.51. The number of halogens is 1. The van der Waals surface area contributed by atoms with Crippen molar-refractivity contribution in [3.05, 3.63) is 56.6 Å². The lowest BCUT2D eigenvalue weighted by atomic mass is 10.1. The van der Waals surface area contributed by atoms with Gasteiger partial charge in [0.15, 0.2) is 15.9 Å². The maximum atomic E-state index is 13.0. The third-order valence-corrected chi connectivity index (χ3v) is 5.59. The van der Waals surface area contributed by atoms with Crippen molar-refractivity contribution in [3.8, 4) is 0 Å². The van der Waals surface area contributed by atoms with Gasteiger partial charge in [0.25, 0.3) is 5.56 Å². The molecule has 0 aliphatic rings. The van der Waals surface area contributed by atoms with Crippen LogP contribution >= 0.6 is 15.9 Å². The number of aromatic nitrogens is 4. The van der Waals surface area contributed by atoms with Crippen molar-refractivity contribution in [1.29, 1.82) is 10.8 Å². The Hall–Kier alpha value is -3.01. The Balaban J connectivity index is 1.70. The quantitative estimate of drug-likeness (QED) is 0.147. The number of amides is 1. The van der Waals surface area contributed by atoms with Crippen LogP contribution in [-0.2, 0) is 17.8 Å². The monoisotopic (exact) mass is 501 g/mol. The van der Waals surface area contributed by atoms with Crippen molar-refractivity contribution in [1.82, 2.24) is 24.4 Å². The van der Waals surface area contributed by atoms with E-state index in [1.54, 1.807) is 4.57 Å². The van der Waals surface area contributed by atoms with Gasteiger partial charge >= 0.3 is 0 Å². The molecule has 0 fully saturated rings. The van der Waals surface area contributed by atoms with Gasteiger partial charge in [-0.05, 0) is 34.3 Å². The van der Waals surface area contributed by atoms with Crippen LogP contribution in [0.1, 0.15) is 44.6 Å². The van der Waals surface area contributed by atoms with Crippen LogP contribution in [0.4, 0.5) is 0 Å². The average molecular weight is 502 g/mol. The third-order valence-electron chi connectivity index (χ3n) is 5.22. The Labute approximate surface area is 194 Å². The number of nitrogens with zero attached hydrogens (tertiary/aromatic N) is 3. The molecule has 170 valence electrons. The zero-order chi connectivity index (χ0) is 23.1. The van der Waals surface area contributed by atoms with Gasteiger partial charge in [0.1, 0.15) is 5.84 Å². The summed E-state index contributed by atoms with van der Waals surface area (Å²) in [7, 11) is 0. The normalized spacial score (nSPS) is 11.1. The predicted molar refractivity (Wildman–Crippen MR) is 127 cm³/mol. The highest BCUT2D eigenvalue weighted by atomic mass is 79.9. The number of fused-ring (bicyclic) bond motifs is 1. The molecule has 0 radical (unpaired) electrons. The minimum atomic E-state index is -0.510. The van der Waals surface area contributed by atoms with Gasteiger partial charge in [0, 0.05) is 25.9 Å². The van der Waals surface area contributed by atoms with Crippen LogP contribution in [0.5, 0.6) is 0 Å². The number of carbonyl (C=O) groups excluding carboxylic acids is 1. The lowest BCUT2D eigenvalue weighted by Crippen LogP contribution is -2.44. The molecule has 0 atom stereocenters. The van der Waals surface area contributed by atoms with E-state index in [2.05, 4.69) is 38.1 Å². The van der Waals surface area contributed by atoms with Gasteiger partial charge in [0.2, 0.25) is 11.5 Å². The minimum absolute atomic E-state index is 0.0543. The first-order chi connectivity index (χ1) is 15.4. The van der Waals surface area contributed by atoms with E-state index in [0.29, 0.717) is 23.5 Å². The summed E-state index contributed by atoms with van der Waals surface area (Å²) in [5, 5.41) is 19.8. The maximum absolute atomic E-state index is 13.0. The first-order valence-electron chi connectivity index (χ1n) is 10.8. The molecule has 0 bridgehead atoms. The van der Waals surface area contributed by atoms with E-state index >= 15 is 0 Å². The number of aromatic amines is 1. The van der Waals surface area contributed by atoms with E-state index in [4.69, 9.17) is 10.8 Å². The van der Waals surface area contributed by atoms with Gasteiger partial charge < -0.3 is 10.3 Å². The first-order valence-corrected chi connectivity index (χ1v) is 11.6. The van der Waals surface area contributed by atoms with Crippen LogP contribution in [0.3, 0.4) is 0 Å². The number of hydrogen-bond acceptors (Lipinski definition) is 5. The summed E-state index contributed by atoms with van der Waals surface area (Å²) in [6.07, 6.45) is 3.69.